The second-order valence-corrected chi connectivity index (χ2v) is 5.77. The van der Waals surface area contributed by atoms with Crippen molar-refractivity contribution in [3.05, 3.63) is 34.8 Å². The first-order chi connectivity index (χ1) is 10.6. The van der Waals surface area contributed by atoms with Gasteiger partial charge in [0.25, 0.3) is 5.91 Å². The molecule has 3 rings (SSSR count). The second kappa shape index (κ2) is 5.62. The zero-order valence-corrected chi connectivity index (χ0v) is 13.1. The van der Waals surface area contributed by atoms with Crippen molar-refractivity contribution in [2.24, 2.45) is 7.05 Å². The van der Waals surface area contributed by atoms with Crippen LogP contribution in [0.15, 0.2) is 23.6 Å². The molecule has 0 aliphatic carbocycles. The maximum absolute atomic E-state index is 12.4. The average molecular weight is 310 g/mol. The fourth-order valence-corrected chi connectivity index (χ4v) is 3.09. The Hall–Kier alpha value is -2.65. The molecule has 0 atom stereocenters. The van der Waals surface area contributed by atoms with Crippen LogP contribution in [0.5, 0.6) is 0 Å². The molecule has 0 aliphatic heterocycles. The van der Waals surface area contributed by atoms with E-state index >= 15 is 0 Å². The van der Waals surface area contributed by atoms with Crippen LogP contribution in [0.25, 0.3) is 21.6 Å². The van der Waals surface area contributed by atoms with Crippen LogP contribution in [0.3, 0.4) is 0 Å². The number of terminal acetylenes is 1. The summed E-state index contributed by atoms with van der Waals surface area (Å²) in [6.07, 6.45) is 5.22. The maximum atomic E-state index is 12.4. The number of fused-ring (bicyclic) bond motifs is 1. The predicted molar refractivity (Wildman–Crippen MR) is 87.7 cm³/mol. The van der Waals surface area contributed by atoms with Crippen molar-refractivity contribution in [3.8, 4) is 22.9 Å². The van der Waals surface area contributed by atoms with Crippen LogP contribution in [0, 0.1) is 19.3 Å². The molecule has 1 N–H and O–H groups in total. The van der Waals surface area contributed by atoms with E-state index in [1.807, 2.05) is 31.5 Å². The molecule has 6 heteroatoms. The topological polar surface area (TPSA) is 59.8 Å². The Labute approximate surface area is 132 Å². The van der Waals surface area contributed by atoms with Gasteiger partial charge in [0.1, 0.15) is 0 Å². The van der Waals surface area contributed by atoms with E-state index < -0.39 is 0 Å². The highest BCUT2D eigenvalue weighted by atomic mass is 32.1. The molecule has 0 unspecified atom stereocenters. The van der Waals surface area contributed by atoms with Gasteiger partial charge >= 0.3 is 0 Å². The van der Waals surface area contributed by atoms with E-state index in [0.29, 0.717) is 11.2 Å². The van der Waals surface area contributed by atoms with Crippen molar-refractivity contribution in [1.29, 1.82) is 0 Å². The summed E-state index contributed by atoms with van der Waals surface area (Å²) in [6, 6.07) is 5.73. The minimum absolute atomic E-state index is 0.191. The number of pyridine rings is 1. The first-order valence-electron chi connectivity index (χ1n) is 6.71. The summed E-state index contributed by atoms with van der Waals surface area (Å²) in [6.45, 7) is 2.06. The van der Waals surface area contributed by atoms with Gasteiger partial charge in [0.2, 0.25) is 0 Å². The molecular formula is C16H14N4OS. The molecular weight excluding hydrogens is 296 g/mol. The lowest BCUT2D eigenvalue weighted by atomic mass is 10.1. The Morgan fingerprint density at radius 1 is 1.55 bits per heavy atom. The number of rotatable bonds is 3. The highest BCUT2D eigenvalue weighted by Crippen LogP contribution is 2.29. The summed E-state index contributed by atoms with van der Waals surface area (Å²) in [5.41, 5.74) is 2.77. The fourth-order valence-electron chi connectivity index (χ4n) is 2.40. The van der Waals surface area contributed by atoms with Crippen LogP contribution >= 0.6 is 11.3 Å². The van der Waals surface area contributed by atoms with Gasteiger partial charge in [-0.2, -0.15) is 5.10 Å². The summed E-state index contributed by atoms with van der Waals surface area (Å²) in [5.74, 6) is 2.20. The average Bonchev–Trinajstić information content (AvgIpc) is 3.13. The minimum atomic E-state index is -0.209. The normalized spacial score (nSPS) is 10.6. The van der Waals surface area contributed by atoms with Crippen LogP contribution < -0.4 is 5.32 Å². The Bertz CT molecular complexity index is 887. The summed E-state index contributed by atoms with van der Waals surface area (Å²) < 4.78 is 1.69. The van der Waals surface area contributed by atoms with Gasteiger partial charge in [0.05, 0.1) is 33.8 Å². The van der Waals surface area contributed by atoms with Gasteiger partial charge in [-0.15, -0.1) is 17.8 Å². The van der Waals surface area contributed by atoms with Crippen molar-refractivity contribution in [1.82, 2.24) is 20.1 Å². The van der Waals surface area contributed by atoms with Crippen molar-refractivity contribution in [2.45, 2.75) is 6.92 Å². The number of amides is 1. The molecule has 0 radical (unpaired) electrons. The Morgan fingerprint density at radius 2 is 2.36 bits per heavy atom. The van der Waals surface area contributed by atoms with E-state index in [4.69, 9.17) is 6.42 Å². The predicted octanol–water partition coefficient (Wildman–Crippen LogP) is 2.37. The zero-order valence-electron chi connectivity index (χ0n) is 12.3. The Morgan fingerprint density at radius 3 is 3.05 bits per heavy atom. The molecule has 5 nitrogen and oxygen atoms in total. The largest absolute Gasteiger partial charge is 0.341 e. The molecule has 0 bridgehead atoms. The molecule has 22 heavy (non-hydrogen) atoms. The van der Waals surface area contributed by atoms with Gasteiger partial charge in [-0.3, -0.25) is 9.48 Å². The van der Waals surface area contributed by atoms with E-state index in [1.54, 1.807) is 22.1 Å². The van der Waals surface area contributed by atoms with Crippen LogP contribution in [0.2, 0.25) is 0 Å². The fraction of sp³-hybridized carbons (Fsp3) is 0.188. The molecule has 3 heterocycles. The third kappa shape index (κ3) is 2.36. The third-order valence-corrected chi connectivity index (χ3v) is 4.23. The van der Waals surface area contributed by atoms with E-state index in [1.165, 1.54) is 0 Å². The number of aryl methyl sites for hydroxylation is 2. The lowest BCUT2D eigenvalue weighted by Crippen LogP contribution is -2.24. The van der Waals surface area contributed by atoms with Gasteiger partial charge in [-0.25, -0.2) is 4.98 Å². The minimum Gasteiger partial charge on any atom is -0.341 e. The van der Waals surface area contributed by atoms with E-state index in [2.05, 4.69) is 21.3 Å². The van der Waals surface area contributed by atoms with E-state index in [9.17, 15) is 4.79 Å². The number of aromatic nitrogens is 3. The molecule has 0 aromatic carbocycles. The van der Waals surface area contributed by atoms with Crippen molar-refractivity contribution in [2.75, 3.05) is 6.54 Å². The van der Waals surface area contributed by atoms with Crippen LogP contribution in [0.4, 0.5) is 0 Å². The summed E-state index contributed by atoms with van der Waals surface area (Å²) in [4.78, 5) is 18.1. The molecule has 0 saturated carbocycles. The number of nitrogens with one attached hydrogen (secondary N) is 1. The van der Waals surface area contributed by atoms with E-state index in [-0.39, 0.29) is 12.5 Å². The number of thiophene rings is 1. The van der Waals surface area contributed by atoms with Gasteiger partial charge in [-0.1, -0.05) is 12.0 Å². The molecule has 0 spiro atoms. The molecule has 0 aliphatic rings. The second-order valence-electron chi connectivity index (χ2n) is 4.83. The Balaban J connectivity index is 2.24. The van der Waals surface area contributed by atoms with Crippen molar-refractivity contribution >= 4 is 28.3 Å². The first-order valence-corrected chi connectivity index (χ1v) is 7.59. The number of carbonyl (C=O) groups is 1. The SMILES string of the molecule is C#CCNC(=O)c1cc(-c2cccs2)nc2c1c(C)nn2C. The molecule has 3 aromatic heterocycles. The molecule has 0 saturated heterocycles. The van der Waals surface area contributed by atoms with Gasteiger partial charge < -0.3 is 5.32 Å². The van der Waals surface area contributed by atoms with Gasteiger partial charge in [0.15, 0.2) is 5.65 Å². The van der Waals surface area contributed by atoms with Crippen LogP contribution in [-0.4, -0.2) is 27.2 Å². The van der Waals surface area contributed by atoms with Crippen molar-refractivity contribution in [3.63, 3.8) is 0 Å². The third-order valence-electron chi connectivity index (χ3n) is 3.34. The van der Waals surface area contributed by atoms with Crippen LogP contribution in [0.1, 0.15) is 16.1 Å². The Kier molecular flexibility index (Phi) is 3.65. The highest BCUT2D eigenvalue weighted by Gasteiger charge is 2.19. The number of hydrogen-bond acceptors (Lipinski definition) is 4. The van der Waals surface area contributed by atoms with Gasteiger partial charge in [-0.05, 0) is 24.4 Å². The first kappa shape index (κ1) is 14.3. The maximum Gasteiger partial charge on any atom is 0.252 e. The molecule has 0 fully saturated rings. The molecule has 1 amide bonds. The smallest absolute Gasteiger partial charge is 0.252 e. The lowest BCUT2D eigenvalue weighted by molar-refractivity contribution is 0.0960. The highest BCUT2D eigenvalue weighted by molar-refractivity contribution is 7.13. The lowest BCUT2D eigenvalue weighted by Gasteiger charge is -2.07. The van der Waals surface area contributed by atoms with Crippen molar-refractivity contribution < 1.29 is 4.79 Å². The monoisotopic (exact) mass is 310 g/mol. The number of nitrogens with zero attached hydrogens (tertiary/aromatic N) is 3. The van der Waals surface area contributed by atoms with Gasteiger partial charge in [0, 0.05) is 7.05 Å². The summed E-state index contributed by atoms with van der Waals surface area (Å²) in [5, 5.41) is 9.83. The summed E-state index contributed by atoms with van der Waals surface area (Å²) >= 11 is 1.58. The molecule has 3 aromatic rings. The molecule has 110 valence electrons. The zero-order chi connectivity index (χ0) is 15.7. The number of hydrogen-bond donors (Lipinski definition) is 1. The van der Waals surface area contributed by atoms with Crippen LogP contribution in [-0.2, 0) is 7.05 Å². The van der Waals surface area contributed by atoms with E-state index in [0.717, 1.165) is 21.7 Å². The quantitative estimate of drug-likeness (QED) is 0.756. The number of carbonyl (C=O) groups excluding carboxylic acids is 1. The standard InChI is InChI=1S/C16H14N4OS/c1-4-7-17-16(21)11-9-12(13-6-5-8-22-13)18-15-14(11)10(2)19-20(15)3/h1,5-6,8-9H,7H2,2-3H3,(H,17,21). The summed E-state index contributed by atoms with van der Waals surface area (Å²) in [7, 11) is 1.82.